The van der Waals surface area contributed by atoms with Crippen LogP contribution in [-0.4, -0.2) is 38.2 Å². The highest BCUT2D eigenvalue weighted by atomic mass is 19.1. The molecule has 0 amide bonds. The van der Waals surface area contributed by atoms with Gasteiger partial charge in [0, 0.05) is 12.0 Å². The third-order valence-electron chi connectivity index (χ3n) is 3.99. The van der Waals surface area contributed by atoms with E-state index in [1.165, 1.54) is 25.0 Å². The normalized spacial score (nSPS) is 19.3. The van der Waals surface area contributed by atoms with E-state index >= 15 is 0 Å². The van der Waals surface area contributed by atoms with Gasteiger partial charge in [0.2, 0.25) is 0 Å². The zero-order valence-electron chi connectivity index (χ0n) is 11.5. The molecule has 1 fully saturated rings. The zero-order chi connectivity index (χ0) is 13.7. The highest BCUT2D eigenvalue weighted by Crippen LogP contribution is 2.25. The van der Waals surface area contributed by atoms with E-state index < -0.39 is 0 Å². The van der Waals surface area contributed by atoms with Crippen LogP contribution in [0, 0.1) is 17.7 Å². The molecule has 1 aliphatic rings. The summed E-state index contributed by atoms with van der Waals surface area (Å²) < 4.78 is 18.7. The molecule has 0 aromatic heterocycles. The van der Waals surface area contributed by atoms with Gasteiger partial charge in [0.1, 0.15) is 11.6 Å². The Labute approximate surface area is 114 Å². The topological polar surface area (TPSA) is 38.5 Å². The van der Waals surface area contributed by atoms with Gasteiger partial charge in [-0.1, -0.05) is 6.07 Å². The van der Waals surface area contributed by atoms with Crippen LogP contribution in [0.15, 0.2) is 24.3 Å². The smallest absolute Gasteiger partial charge is 0.126 e. The molecule has 1 aliphatic heterocycles. The minimum atomic E-state index is -0.263. The van der Waals surface area contributed by atoms with Crippen LogP contribution in [0.1, 0.15) is 12.8 Å². The predicted molar refractivity (Wildman–Crippen MR) is 74.7 cm³/mol. The lowest BCUT2D eigenvalue weighted by Crippen LogP contribution is -2.37. The van der Waals surface area contributed by atoms with Crippen molar-refractivity contribution in [2.45, 2.75) is 12.8 Å². The van der Waals surface area contributed by atoms with Crippen molar-refractivity contribution < 1.29 is 9.13 Å². The Morgan fingerprint density at radius 3 is 2.79 bits per heavy atom. The highest BCUT2D eigenvalue weighted by molar-refractivity contribution is 5.22. The van der Waals surface area contributed by atoms with Gasteiger partial charge in [-0.25, -0.2) is 4.39 Å². The molecule has 4 heteroatoms. The van der Waals surface area contributed by atoms with Gasteiger partial charge in [0.25, 0.3) is 0 Å². The Bertz CT molecular complexity index is 391. The number of rotatable bonds is 5. The molecule has 0 saturated carbocycles. The van der Waals surface area contributed by atoms with Gasteiger partial charge < -0.3 is 15.4 Å². The first-order valence-electron chi connectivity index (χ1n) is 6.96. The van der Waals surface area contributed by atoms with Crippen LogP contribution in [0.4, 0.5) is 4.39 Å². The quantitative estimate of drug-likeness (QED) is 0.887. The van der Waals surface area contributed by atoms with E-state index in [9.17, 15) is 4.39 Å². The van der Waals surface area contributed by atoms with Crippen LogP contribution in [-0.2, 0) is 0 Å². The summed E-state index contributed by atoms with van der Waals surface area (Å²) in [4.78, 5) is 2.34. The third kappa shape index (κ3) is 4.18. The van der Waals surface area contributed by atoms with Crippen molar-refractivity contribution in [3.8, 4) is 5.75 Å². The number of piperidine rings is 1. The Hall–Kier alpha value is -1.13. The Kier molecular flexibility index (Phi) is 5.16. The summed E-state index contributed by atoms with van der Waals surface area (Å²) in [5.41, 5.74) is 5.86. The van der Waals surface area contributed by atoms with Gasteiger partial charge in [0.05, 0.1) is 6.61 Å². The second kappa shape index (κ2) is 6.87. The molecule has 0 spiro atoms. The molecule has 0 aliphatic carbocycles. The average Bonchev–Trinajstić information content (AvgIpc) is 2.41. The standard InChI is InChI=1S/C15H23FN2O/c1-18-7-5-12(6-8-18)13(10-17)11-19-15-4-2-3-14(16)9-15/h2-4,9,12-13H,5-8,10-11,17H2,1H3. The van der Waals surface area contributed by atoms with Gasteiger partial charge in [-0.2, -0.15) is 0 Å². The molecule has 19 heavy (non-hydrogen) atoms. The van der Waals surface area contributed by atoms with E-state index in [0.717, 1.165) is 13.1 Å². The molecule has 2 N–H and O–H groups in total. The fraction of sp³-hybridized carbons (Fsp3) is 0.600. The molecule has 2 rings (SSSR count). The number of nitrogens with two attached hydrogens (primary N) is 1. The van der Waals surface area contributed by atoms with E-state index in [4.69, 9.17) is 10.5 Å². The van der Waals surface area contributed by atoms with E-state index in [1.54, 1.807) is 12.1 Å². The summed E-state index contributed by atoms with van der Waals surface area (Å²) >= 11 is 0. The zero-order valence-corrected chi connectivity index (χ0v) is 11.5. The van der Waals surface area contributed by atoms with Crippen molar-refractivity contribution in [3.05, 3.63) is 30.1 Å². The van der Waals surface area contributed by atoms with Gasteiger partial charge >= 0.3 is 0 Å². The SMILES string of the molecule is CN1CCC(C(CN)COc2cccc(F)c2)CC1. The van der Waals surface area contributed by atoms with Crippen molar-refractivity contribution in [1.82, 2.24) is 4.90 Å². The summed E-state index contributed by atoms with van der Waals surface area (Å²) in [7, 11) is 2.15. The minimum absolute atomic E-state index is 0.263. The van der Waals surface area contributed by atoms with Gasteiger partial charge in [0.15, 0.2) is 0 Å². The van der Waals surface area contributed by atoms with Gasteiger partial charge in [-0.3, -0.25) is 0 Å². The second-order valence-electron chi connectivity index (χ2n) is 5.40. The molecule has 106 valence electrons. The average molecular weight is 266 g/mol. The van der Waals surface area contributed by atoms with Crippen LogP contribution < -0.4 is 10.5 Å². The lowest BCUT2D eigenvalue weighted by Gasteiger charge is -2.33. The number of halogens is 1. The number of hydrogen-bond donors (Lipinski definition) is 1. The molecule has 3 nitrogen and oxygen atoms in total. The molecule has 1 heterocycles. The van der Waals surface area contributed by atoms with Gasteiger partial charge in [-0.15, -0.1) is 0 Å². The molecule has 0 bridgehead atoms. The summed E-state index contributed by atoms with van der Waals surface area (Å²) in [6.45, 7) is 3.46. The molecule has 1 saturated heterocycles. The van der Waals surface area contributed by atoms with Gasteiger partial charge in [-0.05, 0) is 57.6 Å². The van der Waals surface area contributed by atoms with E-state index in [0.29, 0.717) is 30.7 Å². The fourth-order valence-electron chi connectivity index (χ4n) is 2.66. The number of hydrogen-bond acceptors (Lipinski definition) is 3. The summed E-state index contributed by atoms with van der Waals surface area (Å²) in [6, 6.07) is 6.29. The molecule has 0 radical (unpaired) electrons. The summed E-state index contributed by atoms with van der Waals surface area (Å²) in [6.07, 6.45) is 2.34. The van der Waals surface area contributed by atoms with Crippen molar-refractivity contribution in [3.63, 3.8) is 0 Å². The minimum Gasteiger partial charge on any atom is -0.493 e. The first-order chi connectivity index (χ1) is 9.19. The Balaban J connectivity index is 1.85. The molecule has 1 atom stereocenters. The maximum Gasteiger partial charge on any atom is 0.126 e. The number of nitrogens with zero attached hydrogens (tertiary/aromatic N) is 1. The second-order valence-corrected chi connectivity index (χ2v) is 5.40. The first kappa shape index (κ1) is 14.3. The molecular formula is C15H23FN2O. The summed E-state index contributed by atoms with van der Waals surface area (Å²) in [5, 5.41) is 0. The van der Waals surface area contributed by atoms with Crippen molar-refractivity contribution >= 4 is 0 Å². The molecule has 1 aromatic rings. The van der Waals surface area contributed by atoms with Crippen LogP contribution in [0.3, 0.4) is 0 Å². The van der Waals surface area contributed by atoms with Crippen molar-refractivity contribution in [1.29, 1.82) is 0 Å². The van der Waals surface area contributed by atoms with Crippen LogP contribution in [0.25, 0.3) is 0 Å². The largest absolute Gasteiger partial charge is 0.493 e. The van der Waals surface area contributed by atoms with Crippen molar-refractivity contribution in [2.24, 2.45) is 17.6 Å². The monoisotopic (exact) mass is 266 g/mol. The maximum absolute atomic E-state index is 13.1. The Morgan fingerprint density at radius 1 is 1.42 bits per heavy atom. The van der Waals surface area contributed by atoms with E-state index in [1.807, 2.05) is 0 Å². The summed E-state index contributed by atoms with van der Waals surface area (Å²) in [5.74, 6) is 1.30. The van der Waals surface area contributed by atoms with E-state index in [2.05, 4.69) is 11.9 Å². The molecule has 1 aromatic carbocycles. The van der Waals surface area contributed by atoms with Crippen LogP contribution in [0.2, 0.25) is 0 Å². The maximum atomic E-state index is 13.1. The first-order valence-corrected chi connectivity index (χ1v) is 6.96. The fourth-order valence-corrected chi connectivity index (χ4v) is 2.66. The number of likely N-dealkylation sites (tertiary alicyclic amines) is 1. The number of ether oxygens (including phenoxy) is 1. The van der Waals surface area contributed by atoms with Crippen molar-refractivity contribution in [2.75, 3.05) is 33.3 Å². The van der Waals surface area contributed by atoms with Crippen LogP contribution >= 0.6 is 0 Å². The number of benzene rings is 1. The Morgan fingerprint density at radius 2 is 2.16 bits per heavy atom. The lowest BCUT2D eigenvalue weighted by atomic mass is 9.85. The lowest BCUT2D eigenvalue weighted by molar-refractivity contribution is 0.132. The highest BCUT2D eigenvalue weighted by Gasteiger charge is 2.24. The molecular weight excluding hydrogens is 243 g/mol. The predicted octanol–water partition coefficient (Wildman–Crippen LogP) is 2.12. The van der Waals surface area contributed by atoms with Crippen LogP contribution in [0.5, 0.6) is 5.75 Å². The third-order valence-corrected chi connectivity index (χ3v) is 3.99. The molecule has 1 unspecified atom stereocenters. The van der Waals surface area contributed by atoms with E-state index in [-0.39, 0.29) is 5.82 Å².